The van der Waals surface area contributed by atoms with E-state index in [-0.39, 0.29) is 5.28 Å². The van der Waals surface area contributed by atoms with Crippen molar-refractivity contribution in [3.63, 3.8) is 0 Å². The highest BCUT2D eigenvalue weighted by Gasteiger charge is 2.22. The van der Waals surface area contributed by atoms with Crippen LogP contribution < -0.4 is 10.2 Å². The molecule has 6 aromatic rings. The van der Waals surface area contributed by atoms with Gasteiger partial charge in [0.15, 0.2) is 0 Å². The summed E-state index contributed by atoms with van der Waals surface area (Å²) in [6.07, 6.45) is 11.1. The number of nitrogens with one attached hydrogen (secondary N) is 1. The fraction of sp³-hybridized carbons (Fsp3) is 0.316. The average Bonchev–Trinajstić information content (AvgIpc) is 3.98. The highest BCUT2D eigenvalue weighted by Crippen LogP contribution is 2.30. The zero-order valence-corrected chi connectivity index (χ0v) is 32.2. The first-order chi connectivity index (χ1) is 25.0. The Morgan fingerprint density at radius 3 is 1.82 bits per heavy atom. The summed E-state index contributed by atoms with van der Waals surface area (Å²) in [5.41, 5.74) is 8.76. The van der Waals surface area contributed by atoms with E-state index < -0.39 is 0 Å². The van der Waals surface area contributed by atoms with Gasteiger partial charge in [0.2, 0.25) is 22.3 Å². The highest BCUT2D eigenvalue weighted by atomic mass is 127. The number of rotatable bonds is 10. The summed E-state index contributed by atoms with van der Waals surface area (Å²) >= 11 is 14.2. The molecule has 10 nitrogen and oxygen atoms in total. The molecule has 2 aliphatic rings. The molecule has 2 aliphatic carbocycles. The smallest absolute Gasteiger partial charge is 0.224 e. The summed E-state index contributed by atoms with van der Waals surface area (Å²) in [6, 6.07) is 20.5. The molecule has 1 N–H and O–H groups in total. The molecule has 0 amide bonds. The lowest BCUT2D eigenvalue weighted by Gasteiger charge is -2.19. The Morgan fingerprint density at radius 2 is 1.20 bits per heavy atom. The molecule has 13 heteroatoms. The number of nitrogens with zero attached hydrogens (tertiary/aromatic N) is 7. The molecule has 4 heterocycles. The van der Waals surface area contributed by atoms with Crippen molar-refractivity contribution < 1.29 is 8.83 Å². The normalized spacial score (nSPS) is 12.6. The van der Waals surface area contributed by atoms with E-state index >= 15 is 0 Å². The Morgan fingerprint density at radius 1 is 0.667 bits per heavy atom. The number of anilines is 2. The summed E-state index contributed by atoms with van der Waals surface area (Å²) in [5, 5.41) is 3.88. The van der Waals surface area contributed by atoms with Crippen LogP contribution in [-0.4, -0.2) is 41.9 Å². The second-order valence-corrected chi connectivity index (χ2v) is 12.9. The molecule has 4 aromatic heterocycles. The van der Waals surface area contributed by atoms with Crippen LogP contribution in [0.5, 0.6) is 0 Å². The third-order valence-corrected chi connectivity index (χ3v) is 8.92. The van der Waals surface area contributed by atoms with Crippen LogP contribution in [0.1, 0.15) is 69.7 Å². The van der Waals surface area contributed by atoms with Gasteiger partial charge in [0.25, 0.3) is 0 Å². The van der Waals surface area contributed by atoms with Gasteiger partial charge >= 0.3 is 0 Å². The molecule has 0 radical (unpaired) electrons. The lowest BCUT2D eigenvalue weighted by molar-refractivity contribution is 0.491. The van der Waals surface area contributed by atoms with E-state index in [0.717, 1.165) is 91.3 Å². The first-order valence-corrected chi connectivity index (χ1v) is 19.8. The average molecular weight is 838 g/mol. The number of halogens is 3. The Hall–Kier alpha value is -4.07. The number of aromatic nitrogens is 6. The number of hydrogen-bond donors (Lipinski definition) is 1. The molecule has 0 saturated carbocycles. The van der Waals surface area contributed by atoms with Crippen LogP contribution in [0.3, 0.4) is 0 Å². The van der Waals surface area contributed by atoms with E-state index in [9.17, 15) is 0 Å². The minimum Gasteiger partial charge on any atom is -0.447 e. The fourth-order valence-electron chi connectivity index (χ4n) is 6.31. The first kappa shape index (κ1) is 36.7. The Balaban J connectivity index is 0.000000168. The lowest BCUT2D eigenvalue weighted by Crippen LogP contribution is -2.20. The summed E-state index contributed by atoms with van der Waals surface area (Å²) in [6.45, 7) is 1.03. The third kappa shape index (κ3) is 9.84. The van der Waals surface area contributed by atoms with Gasteiger partial charge in [-0.1, -0.05) is 83.3 Å². The SMILES string of the molecule is CI.CN(Cc1nc(Cc2ccccc2)co1)c1nc(Cl)nc2c1CCC2.Clc1nc2c(c(NCc3nc(Cc4ccccc4)co3)n1)CCC2. The molecular weight excluding hydrogens is 798 g/mol. The van der Waals surface area contributed by atoms with Gasteiger partial charge in [-0.15, -0.1) is 0 Å². The standard InChI is InChI=1S/C19H19ClN4O.C18H17ClN4O.CH3I/c1-24(18-15-8-5-9-16(15)22-19(20)23-18)11-17-21-14(12-25-17)10-13-6-3-2-4-7-13;19-18-22-15-8-4-7-14(15)17(23-18)20-10-16-21-13(11-24-16)9-12-5-2-1-3-6-12;1-2/h2-4,6-7,12H,5,8-11H2,1H3;1-3,5-6,11H,4,7-10H2,(H,20,22,23);1H3. The van der Waals surface area contributed by atoms with Gasteiger partial charge in [-0.3, -0.25) is 0 Å². The maximum Gasteiger partial charge on any atom is 0.224 e. The van der Waals surface area contributed by atoms with Crippen molar-refractivity contribution in [2.24, 2.45) is 0 Å². The molecule has 8 rings (SSSR count). The monoisotopic (exact) mass is 836 g/mol. The van der Waals surface area contributed by atoms with Crippen LogP contribution in [0.4, 0.5) is 11.6 Å². The molecule has 0 unspecified atom stereocenters. The molecule has 0 spiro atoms. The van der Waals surface area contributed by atoms with Crippen molar-refractivity contribution in [3.8, 4) is 0 Å². The van der Waals surface area contributed by atoms with Crippen molar-refractivity contribution in [2.75, 3.05) is 22.2 Å². The maximum atomic E-state index is 6.08. The molecule has 2 aromatic carbocycles. The minimum atomic E-state index is 0.287. The van der Waals surface area contributed by atoms with Crippen LogP contribution in [0, 0.1) is 0 Å². The van der Waals surface area contributed by atoms with E-state index in [1.807, 2.05) is 53.3 Å². The van der Waals surface area contributed by atoms with E-state index in [2.05, 4.69) is 82.1 Å². The number of alkyl halides is 1. The molecule has 0 atom stereocenters. The molecule has 0 bridgehead atoms. The molecule has 0 fully saturated rings. The number of fused-ring (bicyclic) bond motifs is 2. The predicted molar refractivity (Wildman–Crippen MR) is 209 cm³/mol. The fourth-order valence-corrected chi connectivity index (χ4v) is 6.68. The molecule has 264 valence electrons. The van der Waals surface area contributed by atoms with Crippen molar-refractivity contribution in [1.29, 1.82) is 0 Å². The van der Waals surface area contributed by atoms with E-state index in [1.165, 1.54) is 16.7 Å². The quantitative estimate of drug-likeness (QED) is 0.0816. The number of benzene rings is 2. The van der Waals surface area contributed by atoms with Crippen molar-refractivity contribution in [3.05, 3.63) is 141 Å². The largest absolute Gasteiger partial charge is 0.447 e. The number of aryl methyl sites for hydroxylation is 2. The van der Waals surface area contributed by atoms with Crippen LogP contribution in [0.15, 0.2) is 82.0 Å². The van der Waals surface area contributed by atoms with Gasteiger partial charge in [-0.05, 0) is 77.8 Å². The second-order valence-electron chi connectivity index (χ2n) is 12.2. The van der Waals surface area contributed by atoms with Crippen LogP contribution in [-0.2, 0) is 51.6 Å². The van der Waals surface area contributed by atoms with Gasteiger partial charge < -0.3 is 19.1 Å². The third-order valence-electron chi connectivity index (χ3n) is 8.59. The van der Waals surface area contributed by atoms with Gasteiger partial charge in [0.1, 0.15) is 24.2 Å². The molecule has 51 heavy (non-hydrogen) atoms. The maximum absolute atomic E-state index is 6.08. The molecular formula is C38H39Cl2IN8O2. The van der Waals surface area contributed by atoms with Crippen LogP contribution >= 0.6 is 45.8 Å². The number of hydrogen-bond acceptors (Lipinski definition) is 10. The Kier molecular flexibility index (Phi) is 12.9. The Labute approximate surface area is 321 Å². The summed E-state index contributed by atoms with van der Waals surface area (Å²) in [4.78, 5) is 30.5. The zero-order valence-electron chi connectivity index (χ0n) is 28.6. The Bertz CT molecular complexity index is 2020. The molecule has 0 saturated heterocycles. The van der Waals surface area contributed by atoms with Gasteiger partial charge in [-0.25, -0.2) is 29.9 Å². The van der Waals surface area contributed by atoms with Crippen molar-refractivity contribution in [1.82, 2.24) is 29.9 Å². The van der Waals surface area contributed by atoms with Crippen molar-refractivity contribution >= 4 is 57.4 Å². The summed E-state index contributed by atoms with van der Waals surface area (Å²) in [7, 11) is 1.98. The van der Waals surface area contributed by atoms with Gasteiger partial charge in [0, 0.05) is 31.0 Å². The summed E-state index contributed by atoms with van der Waals surface area (Å²) < 4.78 is 11.2. The first-order valence-electron chi connectivity index (χ1n) is 16.8. The molecule has 0 aliphatic heterocycles. The second kappa shape index (κ2) is 17.9. The van der Waals surface area contributed by atoms with Gasteiger partial charge in [0.05, 0.1) is 35.9 Å². The van der Waals surface area contributed by atoms with Gasteiger partial charge in [-0.2, -0.15) is 0 Å². The highest BCUT2D eigenvalue weighted by molar-refractivity contribution is 14.1. The van der Waals surface area contributed by atoms with Crippen LogP contribution in [0.25, 0.3) is 0 Å². The minimum absolute atomic E-state index is 0.287. The number of oxazole rings is 2. The predicted octanol–water partition coefficient (Wildman–Crippen LogP) is 8.69. The van der Waals surface area contributed by atoms with Crippen LogP contribution in [0.2, 0.25) is 10.6 Å². The van der Waals surface area contributed by atoms with E-state index in [4.69, 9.17) is 32.0 Å². The van der Waals surface area contributed by atoms with Crippen molar-refractivity contribution in [2.45, 2.75) is 64.5 Å². The topological polar surface area (TPSA) is 119 Å². The van der Waals surface area contributed by atoms with E-state index in [1.54, 1.807) is 12.5 Å². The zero-order chi connectivity index (χ0) is 35.6. The lowest BCUT2D eigenvalue weighted by atomic mass is 10.1. The van der Waals surface area contributed by atoms with E-state index in [0.29, 0.717) is 30.2 Å². The summed E-state index contributed by atoms with van der Waals surface area (Å²) in [5.74, 6) is 3.00.